The van der Waals surface area contributed by atoms with Crippen molar-refractivity contribution >= 4 is 144 Å². The number of guanidine groups is 5. The summed E-state index contributed by atoms with van der Waals surface area (Å²) in [5.74, 6) is -12.3. The number of para-hydroxylation sites is 3. The van der Waals surface area contributed by atoms with Crippen LogP contribution in [-0.4, -0.2) is 264 Å². The van der Waals surface area contributed by atoms with E-state index in [4.69, 9.17) is 66.2 Å². The topological polar surface area (TPSA) is 749 Å². The van der Waals surface area contributed by atoms with Gasteiger partial charge in [-0.2, -0.15) is 0 Å². The molecule has 1 saturated heterocycles. The molecule has 0 saturated carbocycles. The number of piperazine rings is 1. The number of H-pyrrole nitrogens is 3. The van der Waals surface area contributed by atoms with Crippen molar-refractivity contribution in [3.8, 4) is 5.75 Å². The molecule has 10 amide bonds. The summed E-state index contributed by atoms with van der Waals surface area (Å²) in [6.07, 6.45) is 5.91. The fourth-order valence-electron chi connectivity index (χ4n) is 16.6. The van der Waals surface area contributed by atoms with E-state index in [0.717, 1.165) is 17.0 Å². The lowest BCUT2D eigenvalue weighted by atomic mass is 10.0. The minimum Gasteiger partial charge on any atom is -0.484 e. The molecule has 4 aromatic heterocycles. The Morgan fingerprint density at radius 1 is 0.449 bits per heavy atom. The Morgan fingerprint density at radius 2 is 0.804 bits per heavy atom. The number of carboxylic acid groups (broad SMARTS) is 1. The lowest BCUT2D eigenvalue weighted by molar-refractivity contribution is -0.142. The third-order valence-electron chi connectivity index (χ3n) is 23.8. The van der Waals surface area contributed by atoms with E-state index in [0.29, 0.717) is 96.0 Å². The number of carbonyl (C=O) groups is 11. The molecule has 1 fully saturated rings. The predicted octanol–water partition coefficient (Wildman–Crippen LogP) is -1.75. The third kappa shape index (κ3) is 30.9. The molecule has 0 unspecified atom stereocenters. The van der Waals surface area contributed by atoms with E-state index in [9.17, 15) is 38.7 Å². The van der Waals surface area contributed by atoms with Gasteiger partial charge in [-0.15, -0.1) is 0 Å². The number of hydrogen-bond donors (Lipinski definition) is 30. The number of aromatic nitrogens is 4. The van der Waals surface area contributed by atoms with E-state index in [-0.39, 0.29) is 170 Å². The normalized spacial score (nSPS) is 14.9. The number of carbonyl (C=O) groups excluding carboxylic acids is 10. The average Bonchev–Trinajstić information content (AvgIpc) is 0.890. The molecule has 4 aromatic carbocycles. The number of hydrogen-bond acceptors (Lipinski definition) is 21. The van der Waals surface area contributed by atoms with Crippen LogP contribution in [0.2, 0.25) is 0 Å². The van der Waals surface area contributed by atoms with Gasteiger partial charge in [0.15, 0.2) is 41.4 Å². The standard InChI is InChI=1S/C91H129FN32O14/c1-50-48-124-49-58(75(126)57-44-59(92)74(76(138-50)73(57)124)123-39-37-122(2)38-40-123)77(127)105-36-29-72(125)104-30-11-3-4-20-60(93)78(128)114-64(24-12-31-106-87(94)95)79(129)115-65(25-13-32-107-88(96)97)80(130)116-66(26-14-33-108-89(98)99)81(131)117-67(27-15-34-109-90(100)101)82(132)119-69(41-51-45-111-61-21-8-5-17-54(51)61)84(134)118-68(28-16-35-110-91(102)103)83(133)120-70(42-52-46-112-62-22-9-6-18-55(52)62)85(135)121-71(86(136)137)43-53-47-113-63-23-10-7-19-56(53)63/h5-10,17-19,21-23,44-47,49-50,60,64-71,111-113H,3-4,11-16,20,24-43,48,93H2,1-2H3,(H,104,125)(H,105,127)(H,114,128)(H,115,129)(H,116,130)(H,117,131)(H,118,134)(H,119,132)(H,120,133)(H,121,135)(H,136,137)(H4,94,95,106)(H4,96,97,107)(H4,98,99,108)(H4,100,101,109)(H4,102,103,110)/t50-,60+,64-,65-,66-,67-,68-,69-,70-,71-/m0/s1. The van der Waals surface area contributed by atoms with Gasteiger partial charge in [-0.3, -0.25) is 79.8 Å². The first-order chi connectivity index (χ1) is 66.1. The average molecular weight is 1910 g/mol. The molecule has 0 spiro atoms. The summed E-state index contributed by atoms with van der Waals surface area (Å²) in [5.41, 5.74) is 38.1. The number of anilines is 1. The van der Waals surface area contributed by atoms with Crippen molar-refractivity contribution in [2.24, 2.45) is 34.4 Å². The molecule has 0 aliphatic carbocycles. The second kappa shape index (κ2) is 51.4. The Labute approximate surface area is 794 Å². The number of amides is 10. The summed E-state index contributed by atoms with van der Waals surface area (Å²) in [5, 5.41) is 92.4. The summed E-state index contributed by atoms with van der Waals surface area (Å²) >= 11 is 0. The van der Waals surface area contributed by atoms with Crippen LogP contribution in [-0.2, 0) is 73.8 Å². The summed E-state index contributed by atoms with van der Waals surface area (Å²) in [6.45, 7) is 4.73. The van der Waals surface area contributed by atoms with Crippen LogP contribution in [0.5, 0.6) is 5.75 Å². The lowest BCUT2D eigenvalue weighted by Crippen LogP contribution is -2.61. The van der Waals surface area contributed by atoms with Gasteiger partial charge in [0.2, 0.25) is 58.6 Å². The quantitative estimate of drug-likeness (QED) is 0.0114. The number of halogens is 1. The molecule has 47 heteroatoms. The summed E-state index contributed by atoms with van der Waals surface area (Å²) in [6, 6.07) is 9.16. The SMILES string of the molecule is C[C@H]1Cn2cc(C(=O)NCCC(=O)NCCCCC[C@@H](N)C(=O)N[C@@H](CCCNC(=N)N)C(=O)N[C@@H](CCCNC(=N)N)C(=O)N[C@@H](CCCNC(=N)N)C(=O)N[C@@H](CCCNC(=N)N)C(=O)N[C@@H](Cc3c[nH]c4ccccc34)C(=O)N[C@@H](CCCNC(=N)N)C(=O)N[C@@H](Cc3c[nH]c4ccccc34)C(=O)N[C@@H](Cc3c[nH]c4ccccc34)C(=O)O)c(=O)c3cc(F)c(N4CCN(C)CC4)c(c32)O1. The van der Waals surface area contributed by atoms with E-state index >= 15 is 28.4 Å². The van der Waals surface area contributed by atoms with Crippen LogP contribution in [0.1, 0.15) is 130 Å². The van der Waals surface area contributed by atoms with E-state index in [2.05, 4.69) is 99.6 Å². The fraction of sp³-hybridized carbons (Fsp3) is 0.462. The first kappa shape index (κ1) is 105. The number of fused-ring (bicyclic) bond motifs is 3. The molecule has 10 rings (SSSR count). The number of benzene rings is 4. The second-order valence-corrected chi connectivity index (χ2v) is 34.4. The smallest absolute Gasteiger partial charge is 0.326 e. The molecule has 46 nitrogen and oxygen atoms in total. The zero-order chi connectivity index (χ0) is 99.6. The third-order valence-corrected chi connectivity index (χ3v) is 23.8. The maximum atomic E-state index is 16.0. The largest absolute Gasteiger partial charge is 0.484 e. The molecule has 138 heavy (non-hydrogen) atoms. The van der Waals surface area contributed by atoms with Crippen LogP contribution in [0.3, 0.4) is 0 Å². The molecule has 2 aliphatic rings. The number of pyridine rings is 1. The Bertz CT molecular complexity index is 5750. The van der Waals surface area contributed by atoms with Crippen LogP contribution >= 0.6 is 0 Å². The van der Waals surface area contributed by atoms with Gasteiger partial charge in [-0.1, -0.05) is 67.4 Å². The number of unbranched alkanes of at least 4 members (excludes halogenated alkanes) is 2. The van der Waals surface area contributed by atoms with Gasteiger partial charge in [-0.25, -0.2) is 9.18 Å². The number of aliphatic carboxylic acids is 1. The molecule has 10 atom stereocenters. The highest BCUT2D eigenvalue weighted by Gasteiger charge is 2.38. The first-order valence-electron chi connectivity index (χ1n) is 46.1. The monoisotopic (exact) mass is 1910 g/mol. The van der Waals surface area contributed by atoms with Gasteiger partial charge in [0.25, 0.3) is 5.91 Å². The summed E-state index contributed by atoms with van der Waals surface area (Å²) in [7, 11) is 1.98. The Balaban J connectivity index is 0.816. The number of aromatic amines is 3. The fourth-order valence-corrected chi connectivity index (χ4v) is 16.6. The molecule has 744 valence electrons. The number of nitrogens with two attached hydrogens (primary N) is 6. The van der Waals surface area contributed by atoms with Crippen LogP contribution in [0, 0.1) is 32.9 Å². The second-order valence-electron chi connectivity index (χ2n) is 34.4. The van der Waals surface area contributed by atoms with Crippen LogP contribution in [0.4, 0.5) is 10.1 Å². The highest BCUT2D eigenvalue weighted by atomic mass is 19.1. The van der Waals surface area contributed by atoms with Crippen molar-refractivity contribution in [2.45, 2.75) is 190 Å². The number of likely N-dealkylation sites (N-methyl/N-ethyl adjacent to an activating group) is 1. The van der Waals surface area contributed by atoms with Crippen molar-refractivity contribution in [1.29, 1.82) is 27.0 Å². The zero-order valence-electron chi connectivity index (χ0n) is 77.2. The minimum absolute atomic E-state index is 0.00465. The number of carboxylic acids is 1. The van der Waals surface area contributed by atoms with Crippen molar-refractivity contribution in [1.82, 2.24) is 104 Å². The zero-order valence-corrected chi connectivity index (χ0v) is 77.2. The van der Waals surface area contributed by atoms with Crippen LogP contribution < -0.4 is 129 Å². The lowest BCUT2D eigenvalue weighted by Gasteiger charge is -2.37. The van der Waals surface area contributed by atoms with Gasteiger partial charge < -0.3 is 153 Å². The maximum absolute atomic E-state index is 16.0. The molecule has 6 heterocycles. The van der Waals surface area contributed by atoms with E-state index in [1.165, 1.54) is 6.20 Å². The Morgan fingerprint density at radius 3 is 1.20 bits per heavy atom. The highest BCUT2D eigenvalue weighted by molar-refractivity contribution is 6.02. The van der Waals surface area contributed by atoms with Gasteiger partial charge in [0, 0.05) is 155 Å². The molecule has 36 N–H and O–H groups in total. The molecule has 2 aliphatic heterocycles. The van der Waals surface area contributed by atoms with Gasteiger partial charge in [-0.05, 0) is 132 Å². The van der Waals surface area contributed by atoms with Crippen molar-refractivity contribution in [2.75, 3.05) is 83.9 Å². The van der Waals surface area contributed by atoms with E-state index in [1.807, 2.05) is 31.0 Å². The number of nitrogens with one attached hydrogen (secondary N) is 23. The molecule has 8 aromatic rings. The molecule has 0 radical (unpaired) electrons. The summed E-state index contributed by atoms with van der Waals surface area (Å²) < 4.78 is 23.9. The predicted molar refractivity (Wildman–Crippen MR) is 519 cm³/mol. The van der Waals surface area contributed by atoms with Gasteiger partial charge >= 0.3 is 5.97 Å². The Hall–Kier alpha value is -15.3. The number of nitrogens with zero attached hydrogens (tertiary/aromatic N) is 3. The molecule has 0 bridgehead atoms. The first-order valence-corrected chi connectivity index (χ1v) is 46.1. The minimum atomic E-state index is -1.61. The molecular formula is C91H129FN32O14. The van der Waals surface area contributed by atoms with Gasteiger partial charge in [0.1, 0.15) is 65.7 Å². The van der Waals surface area contributed by atoms with Gasteiger partial charge in [0.05, 0.1) is 23.5 Å². The molecular weight excluding hydrogens is 1780 g/mol. The maximum Gasteiger partial charge on any atom is 0.326 e. The van der Waals surface area contributed by atoms with Crippen LogP contribution in [0.15, 0.2) is 108 Å². The van der Waals surface area contributed by atoms with Crippen molar-refractivity contribution < 1.29 is 67.0 Å². The van der Waals surface area contributed by atoms with E-state index < -0.39 is 161 Å². The van der Waals surface area contributed by atoms with E-state index in [1.54, 1.807) is 83.8 Å². The number of rotatable bonds is 54. The van der Waals surface area contributed by atoms with Crippen LogP contribution in [0.25, 0.3) is 43.6 Å². The summed E-state index contributed by atoms with van der Waals surface area (Å²) in [4.78, 5) is 187. The highest BCUT2D eigenvalue weighted by Crippen LogP contribution is 2.42. The van der Waals surface area contributed by atoms with Crippen molar-refractivity contribution in [3.63, 3.8) is 0 Å². The Kier molecular flexibility index (Phi) is 39.0. The number of ether oxygens (including phenoxy) is 1. The van der Waals surface area contributed by atoms with Crippen molar-refractivity contribution in [3.05, 3.63) is 142 Å².